The third-order valence-corrected chi connectivity index (χ3v) is 3.11. The molecule has 1 aromatic carbocycles. The monoisotopic (exact) mass is 315 g/mol. The van der Waals surface area contributed by atoms with Gasteiger partial charge in [0.15, 0.2) is 0 Å². The Balaban J connectivity index is 2.83. The van der Waals surface area contributed by atoms with Crippen molar-refractivity contribution in [2.24, 2.45) is 5.73 Å². The molecule has 108 valence electrons. The molecule has 0 radical (unpaired) electrons. The normalized spacial score (nSPS) is 12.3. The van der Waals surface area contributed by atoms with Gasteiger partial charge in [0.1, 0.15) is 0 Å². The molecule has 0 fully saturated rings. The molecule has 6 nitrogen and oxygen atoms in total. The van der Waals surface area contributed by atoms with E-state index in [1.807, 2.05) is 0 Å². The Hall–Kier alpha value is -1.75. The highest BCUT2D eigenvalue weighted by molar-refractivity contribution is 7.92. The van der Waals surface area contributed by atoms with E-state index < -0.39 is 22.0 Å². The highest BCUT2D eigenvalue weighted by atomic mass is 35.5. The van der Waals surface area contributed by atoms with Gasteiger partial charge in [-0.25, -0.2) is 8.42 Å². The summed E-state index contributed by atoms with van der Waals surface area (Å²) >= 11 is 5.92. The number of carbonyl (C=O) groups is 1. The fourth-order valence-electron chi connectivity index (χ4n) is 1.33. The van der Waals surface area contributed by atoms with Crippen molar-refractivity contribution in [3.8, 4) is 12.3 Å². The molecule has 8 heteroatoms. The van der Waals surface area contributed by atoms with Gasteiger partial charge in [-0.15, -0.1) is 12.3 Å². The van der Waals surface area contributed by atoms with Crippen molar-refractivity contribution in [2.75, 3.05) is 16.3 Å². The number of terminal acetylenes is 1. The Morgan fingerprint density at radius 2 is 2.20 bits per heavy atom. The van der Waals surface area contributed by atoms with Gasteiger partial charge in [-0.3, -0.25) is 9.52 Å². The molecule has 0 aliphatic carbocycles. The van der Waals surface area contributed by atoms with E-state index in [1.165, 1.54) is 18.2 Å². The van der Waals surface area contributed by atoms with Crippen molar-refractivity contribution >= 4 is 38.9 Å². The van der Waals surface area contributed by atoms with E-state index >= 15 is 0 Å². The lowest BCUT2D eigenvalue weighted by molar-refractivity contribution is -0.117. The van der Waals surface area contributed by atoms with Crippen LogP contribution >= 0.6 is 11.6 Å². The summed E-state index contributed by atoms with van der Waals surface area (Å²) in [7, 11) is -3.42. The summed E-state index contributed by atoms with van der Waals surface area (Å²) in [5, 5.41) is 2.69. The van der Waals surface area contributed by atoms with Gasteiger partial charge in [-0.2, -0.15) is 0 Å². The highest BCUT2D eigenvalue weighted by Gasteiger charge is 2.13. The number of hydrogen-bond donors (Lipinski definition) is 3. The molecule has 0 heterocycles. The number of nitrogens with one attached hydrogen (secondary N) is 2. The molecule has 0 saturated heterocycles. The second-order valence-electron chi connectivity index (χ2n) is 4.07. The number of hydrogen-bond acceptors (Lipinski definition) is 4. The zero-order valence-corrected chi connectivity index (χ0v) is 12.3. The topological polar surface area (TPSA) is 101 Å². The van der Waals surface area contributed by atoms with Crippen LogP contribution in [0.1, 0.15) is 6.42 Å². The van der Waals surface area contributed by atoms with Gasteiger partial charge in [0.2, 0.25) is 15.9 Å². The molecule has 4 N–H and O–H groups in total. The first-order valence-corrected chi connectivity index (χ1v) is 7.77. The van der Waals surface area contributed by atoms with Crippen molar-refractivity contribution in [1.82, 2.24) is 0 Å². The van der Waals surface area contributed by atoms with Crippen molar-refractivity contribution < 1.29 is 13.2 Å². The molecule has 1 amide bonds. The second-order valence-corrected chi connectivity index (χ2v) is 6.23. The zero-order chi connectivity index (χ0) is 15.3. The summed E-state index contributed by atoms with van der Waals surface area (Å²) in [5.41, 5.74) is 6.16. The molecule has 0 spiro atoms. The summed E-state index contributed by atoms with van der Waals surface area (Å²) in [6.45, 7) is 0. The summed E-state index contributed by atoms with van der Waals surface area (Å²) in [6, 6.07) is 3.54. The van der Waals surface area contributed by atoms with Crippen LogP contribution in [-0.2, 0) is 14.8 Å². The number of amides is 1. The van der Waals surface area contributed by atoms with E-state index in [0.717, 1.165) is 6.26 Å². The first-order chi connectivity index (χ1) is 9.23. The predicted octanol–water partition coefficient (Wildman–Crippen LogP) is 1.00. The van der Waals surface area contributed by atoms with Crippen LogP contribution in [0.5, 0.6) is 0 Å². The third-order valence-electron chi connectivity index (χ3n) is 2.21. The van der Waals surface area contributed by atoms with Crippen molar-refractivity contribution in [2.45, 2.75) is 12.5 Å². The SMILES string of the molecule is C#CCC(N)C(=O)Nc1ccc(NS(C)(=O)=O)c(Cl)c1. The third kappa shape index (κ3) is 5.09. The Bertz CT molecular complexity index is 652. The van der Waals surface area contributed by atoms with Crippen LogP contribution in [0.3, 0.4) is 0 Å². The molecular formula is C12H14ClN3O3S. The van der Waals surface area contributed by atoms with Crippen LogP contribution in [0.25, 0.3) is 0 Å². The number of benzene rings is 1. The number of sulfonamides is 1. The minimum Gasteiger partial charge on any atom is -0.325 e. The largest absolute Gasteiger partial charge is 0.325 e. The average Bonchev–Trinajstić information content (AvgIpc) is 2.31. The van der Waals surface area contributed by atoms with Gasteiger partial charge in [0.05, 0.1) is 23.0 Å². The number of rotatable bonds is 5. The zero-order valence-electron chi connectivity index (χ0n) is 10.7. The van der Waals surface area contributed by atoms with Crippen LogP contribution in [0.4, 0.5) is 11.4 Å². The average molecular weight is 316 g/mol. The fourth-order valence-corrected chi connectivity index (χ4v) is 2.19. The van der Waals surface area contributed by atoms with E-state index in [4.69, 9.17) is 23.8 Å². The van der Waals surface area contributed by atoms with E-state index in [1.54, 1.807) is 0 Å². The van der Waals surface area contributed by atoms with Crippen molar-refractivity contribution in [3.05, 3.63) is 23.2 Å². The van der Waals surface area contributed by atoms with Gasteiger partial charge in [0, 0.05) is 12.1 Å². The molecule has 1 aromatic rings. The first-order valence-electron chi connectivity index (χ1n) is 5.50. The Kier molecular flexibility index (Phi) is 5.39. The maximum absolute atomic E-state index is 11.6. The predicted molar refractivity (Wildman–Crippen MR) is 80.0 cm³/mol. The summed E-state index contributed by atoms with van der Waals surface area (Å²) in [4.78, 5) is 11.6. The van der Waals surface area contributed by atoms with Crippen molar-refractivity contribution in [1.29, 1.82) is 0 Å². The fraction of sp³-hybridized carbons (Fsp3) is 0.250. The molecule has 1 atom stereocenters. The van der Waals surface area contributed by atoms with Crippen LogP contribution < -0.4 is 15.8 Å². The molecule has 0 bridgehead atoms. The number of halogens is 1. The molecule has 0 saturated carbocycles. The Morgan fingerprint density at radius 3 is 2.70 bits per heavy atom. The molecular weight excluding hydrogens is 302 g/mol. The lowest BCUT2D eigenvalue weighted by atomic mass is 10.2. The van der Waals surface area contributed by atoms with Gasteiger partial charge in [0.25, 0.3) is 0 Å². The standard InChI is InChI=1S/C12H14ClN3O3S/c1-3-4-10(14)12(17)15-8-5-6-11(9(13)7-8)16-20(2,18)19/h1,5-7,10,16H,4,14H2,2H3,(H,15,17). The molecule has 1 unspecified atom stereocenters. The smallest absolute Gasteiger partial charge is 0.242 e. The lowest BCUT2D eigenvalue weighted by Gasteiger charge is -2.12. The summed E-state index contributed by atoms with van der Waals surface area (Å²) in [6.07, 6.45) is 6.20. The molecule has 20 heavy (non-hydrogen) atoms. The van der Waals surface area contributed by atoms with Gasteiger partial charge < -0.3 is 11.1 Å². The minimum absolute atomic E-state index is 0.118. The second kappa shape index (κ2) is 6.61. The Morgan fingerprint density at radius 1 is 1.55 bits per heavy atom. The van der Waals surface area contributed by atoms with E-state index in [-0.39, 0.29) is 17.1 Å². The maximum atomic E-state index is 11.6. The van der Waals surface area contributed by atoms with Crippen LogP contribution in [-0.4, -0.2) is 26.6 Å². The van der Waals surface area contributed by atoms with Gasteiger partial charge in [-0.05, 0) is 18.2 Å². The highest BCUT2D eigenvalue weighted by Crippen LogP contribution is 2.26. The minimum atomic E-state index is -3.42. The number of nitrogens with two attached hydrogens (primary N) is 1. The van der Waals surface area contributed by atoms with Crippen LogP contribution in [0.15, 0.2) is 18.2 Å². The summed E-state index contributed by atoms with van der Waals surface area (Å²) < 4.78 is 24.5. The molecule has 0 aliphatic rings. The lowest BCUT2D eigenvalue weighted by Crippen LogP contribution is -2.35. The quantitative estimate of drug-likeness (QED) is 0.705. The van der Waals surface area contributed by atoms with Gasteiger partial charge >= 0.3 is 0 Å². The van der Waals surface area contributed by atoms with E-state index in [0.29, 0.717) is 5.69 Å². The van der Waals surface area contributed by atoms with Crippen LogP contribution in [0, 0.1) is 12.3 Å². The molecule has 0 aromatic heterocycles. The first kappa shape index (κ1) is 16.3. The Labute approximate surface area is 122 Å². The van der Waals surface area contributed by atoms with E-state index in [2.05, 4.69) is 16.0 Å². The van der Waals surface area contributed by atoms with E-state index in [9.17, 15) is 13.2 Å². The van der Waals surface area contributed by atoms with Crippen LogP contribution in [0.2, 0.25) is 5.02 Å². The van der Waals surface area contributed by atoms with Gasteiger partial charge in [-0.1, -0.05) is 11.6 Å². The number of carbonyl (C=O) groups excluding carboxylic acids is 1. The molecule has 1 rings (SSSR count). The maximum Gasteiger partial charge on any atom is 0.242 e. The van der Waals surface area contributed by atoms with Crippen molar-refractivity contribution in [3.63, 3.8) is 0 Å². The summed E-state index contributed by atoms with van der Waals surface area (Å²) in [5.74, 6) is 1.85. The molecule has 0 aliphatic heterocycles. The number of anilines is 2.